The van der Waals surface area contributed by atoms with Crippen LogP contribution in [0.2, 0.25) is 0 Å². The summed E-state index contributed by atoms with van der Waals surface area (Å²) >= 11 is 0. The van der Waals surface area contributed by atoms with E-state index in [1.165, 1.54) is 44.5 Å². The zero-order valence-corrected chi connectivity index (χ0v) is 19.0. The molecule has 1 nitrogen and oxygen atoms in total. The van der Waals surface area contributed by atoms with Crippen LogP contribution in [0.5, 0.6) is 0 Å². The van der Waals surface area contributed by atoms with Crippen molar-refractivity contribution in [3.8, 4) is 22.3 Å². The molecule has 0 unspecified atom stereocenters. The first-order chi connectivity index (χ1) is 15.3. The first kappa shape index (κ1) is 19.3. The minimum atomic E-state index is -0.107. The van der Waals surface area contributed by atoms with E-state index in [1.54, 1.807) is 0 Å². The molecule has 0 aliphatic heterocycles. The number of fused-ring (bicyclic) bond motifs is 6. The van der Waals surface area contributed by atoms with Gasteiger partial charge in [-0.1, -0.05) is 100 Å². The van der Waals surface area contributed by atoms with Crippen LogP contribution in [0.1, 0.15) is 65.9 Å². The third-order valence-corrected chi connectivity index (χ3v) is 7.69. The van der Waals surface area contributed by atoms with Crippen molar-refractivity contribution in [2.75, 3.05) is 0 Å². The van der Waals surface area contributed by atoms with Crippen molar-refractivity contribution in [2.45, 2.75) is 38.5 Å². The van der Waals surface area contributed by atoms with E-state index in [2.05, 4.69) is 100 Å². The Labute approximate surface area is 189 Å². The van der Waals surface area contributed by atoms with E-state index in [-0.39, 0.29) is 16.6 Å². The van der Waals surface area contributed by atoms with Crippen LogP contribution < -0.4 is 0 Å². The maximum absolute atomic E-state index is 13.6. The molecule has 0 bridgehead atoms. The number of ketones is 1. The maximum Gasteiger partial charge on any atom is 0.193 e. The second-order valence-electron chi connectivity index (χ2n) is 10.2. The minimum absolute atomic E-state index is 0.0918. The molecular weight excluding hydrogens is 388 g/mol. The average molecular weight is 415 g/mol. The van der Waals surface area contributed by atoms with Crippen LogP contribution in [0.15, 0.2) is 84.9 Å². The third kappa shape index (κ3) is 2.42. The normalized spacial score (nSPS) is 16.1. The van der Waals surface area contributed by atoms with E-state index in [4.69, 9.17) is 0 Å². The third-order valence-electron chi connectivity index (χ3n) is 7.69. The Bertz CT molecular complexity index is 1330. The molecule has 0 fully saturated rings. The lowest BCUT2D eigenvalue weighted by Gasteiger charge is -2.22. The number of rotatable bonds is 2. The molecule has 4 aromatic carbocycles. The second kappa shape index (κ2) is 6.29. The summed E-state index contributed by atoms with van der Waals surface area (Å²) in [7, 11) is 0. The fourth-order valence-corrected chi connectivity index (χ4v) is 5.86. The lowest BCUT2D eigenvalue weighted by atomic mass is 9.80. The van der Waals surface area contributed by atoms with E-state index < -0.39 is 0 Å². The van der Waals surface area contributed by atoms with Gasteiger partial charge in [0.2, 0.25) is 0 Å². The monoisotopic (exact) mass is 414 g/mol. The van der Waals surface area contributed by atoms with Crippen LogP contribution in [-0.4, -0.2) is 5.78 Å². The summed E-state index contributed by atoms with van der Waals surface area (Å²) < 4.78 is 0. The van der Waals surface area contributed by atoms with E-state index in [0.717, 1.165) is 11.1 Å². The second-order valence-corrected chi connectivity index (χ2v) is 10.2. The van der Waals surface area contributed by atoms with Crippen LogP contribution in [0.25, 0.3) is 22.3 Å². The molecule has 0 amide bonds. The lowest BCUT2D eigenvalue weighted by Crippen LogP contribution is -2.16. The van der Waals surface area contributed by atoms with E-state index >= 15 is 0 Å². The highest BCUT2D eigenvalue weighted by Crippen LogP contribution is 2.50. The smallest absolute Gasteiger partial charge is 0.193 e. The van der Waals surface area contributed by atoms with Gasteiger partial charge in [-0.15, -0.1) is 0 Å². The van der Waals surface area contributed by atoms with Gasteiger partial charge in [0.05, 0.1) is 0 Å². The summed E-state index contributed by atoms with van der Waals surface area (Å²) in [5, 5.41) is 0. The molecule has 2 aliphatic carbocycles. The summed E-state index contributed by atoms with van der Waals surface area (Å²) in [6.07, 6.45) is 0. The molecule has 0 heterocycles. The van der Waals surface area contributed by atoms with Crippen molar-refractivity contribution in [3.63, 3.8) is 0 Å². The van der Waals surface area contributed by atoms with Gasteiger partial charge in [0.15, 0.2) is 5.78 Å². The average Bonchev–Trinajstić information content (AvgIpc) is 3.18. The van der Waals surface area contributed by atoms with E-state index in [9.17, 15) is 4.79 Å². The van der Waals surface area contributed by atoms with E-state index in [1.807, 2.05) is 12.1 Å². The van der Waals surface area contributed by atoms with Gasteiger partial charge in [-0.25, -0.2) is 0 Å². The van der Waals surface area contributed by atoms with Gasteiger partial charge in [-0.05, 0) is 56.6 Å². The number of carbonyl (C=O) groups excluding carboxylic acids is 1. The van der Waals surface area contributed by atoms with Crippen LogP contribution in [0, 0.1) is 0 Å². The molecule has 1 heteroatoms. The van der Waals surface area contributed by atoms with Crippen LogP contribution in [-0.2, 0) is 10.8 Å². The number of hydrogen-bond acceptors (Lipinski definition) is 1. The first-order valence-electron chi connectivity index (χ1n) is 11.3. The Hall–Kier alpha value is -3.45. The molecule has 0 radical (unpaired) electrons. The topological polar surface area (TPSA) is 17.1 Å². The molecule has 156 valence electrons. The van der Waals surface area contributed by atoms with Crippen molar-refractivity contribution in [2.24, 2.45) is 0 Å². The Kier molecular flexibility index (Phi) is 3.79. The predicted molar refractivity (Wildman–Crippen MR) is 131 cm³/mol. The number of benzene rings is 4. The molecule has 0 N–H and O–H groups in total. The van der Waals surface area contributed by atoms with Gasteiger partial charge in [-0.3, -0.25) is 4.79 Å². The SMILES string of the molecule is CC1(C)c2ccccc2-c2ccc(C(=O)c3ccc4c(c3)C(C)(C)c3ccccc3-4)cc21. The highest BCUT2D eigenvalue weighted by atomic mass is 16.1. The van der Waals surface area contributed by atoms with Gasteiger partial charge in [-0.2, -0.15) is 0 Å². The Morgan fingerprint density at radius 2 is 0.875 bits per heavy atom. The van der Waals surface area contributed by atoms with Gasteiger partial charge < -0.3 is 0 Å². The van der Waals surface area contributed by atoms with Crippen molar-refractivity contribution in [3.05, 3.63) is 118 Å². The zero-order chi connectivity index (χ0) is 22.3. The summed E-state index contributed by atoms with van der Waals surface area (Å²) in [5.41, 5.74) is 11.5. The van der Waals surface area contributed by atoms with Crippen molar-refractivity contribution in [1.29, 1.82) is 0 Å². The zero-order valence-electron chi connectivity index (χ0n) is 19.0. The van der Waals surface area contributed by atoms with Crippen molar-refractivity contribution >= 4 is 5.78 Å². The van der Waals surface area contributed by atoms with Crippen LogP contribution >= 0.6 is 0 Å². The molecular formula is C31H26O. The van der Waals surface area contributed by atoms with Gasteiger partial charge in [0, 0.05) is 22.0 Å². The maximum atomic E-state index is 13.6. The molecule has 2 aliphatic rings. The molecule has 0 saturated heterocycles. The Morgan fingerprint density at radius 3 is 1.31 bits per heavy atom. The Morgan fingerprint density at radius 1 is 0.500 bits per heavy atom. The molecule has 32 heavy (non-hydrogen) atoms. The lowest BCUT2D eigenvalue weighted by molar-refractivity contribution is 0.103. The molecule has 4 aromatic rings. The molecule has 6 rings (SSSR count). The highest BCUT2D eigenvalue weighted by Gasteiger charge is 2.37. The van der Waals surface area contributed by atoms with Crippen LogP contribution in [0.4, 0.5) is 0 Å². The quantitative estimate of drug-likeness (QED) is 0.310. The molecule has 0 saturated carbocycles. The molecule has 0 aromatic heterocycles. The minimum Gasteiger partial charge on any atom is -0.289 e. The Balaban J connectivity index is 1.43. The van der Waals surface area contributed by atoms with Crippen LogP contribution in [0.3, 0.4) is 0 Å². The standard InChI is InChI=1S/C31H26O/c1-30(2)25-11-7-5-9-21(25)23-15-13-19(17-27(23)30)29(32)20-14-16-24-22-10-6-8-12-26(22)31(3,4)28(24)18-20/h5-18H,1-4H3. The number of hydrogen-bond donors (Lipinski definition) is 0. The highest BCUT2D eigenvalue weighted by molar-refractivity contribution is 6.10. The molecule has 0 atom stereocenters. The molecule has 0 spiro atoms. The summed E-state index contributed by atoms with van der Waals surface area (Å²) in [6, 6.07) is 29.6. The predicted octanol–water partition coefficient (Wildman–Crippen LogP) is 7.53. The van der Waals surface area contributed by atoms with Gasteiger partial charge in [0.1, 0.15) is 0 Å². The fourth-order valence-electron chi connectivity index (χ4n) is 5.86. The summed E-state index contributed by atoms with van der Waals surface area (Å²) in [4.78, 5) is 13.6. The number of carbonyl (C=O) groups is 1. The summed E-state index contributed by atoms with van der Waals surface area (Å²) in [5.74, 6) is 0.0918. The van der Waals surface area contributed by atoms with Gasteiger partial charge in [0.25, 0.3) is 0 Å². The largest absolute Gasteiger partial charge is 0.289 e. The van der Waals surface area contributed by atoms with Gasteiger partial charge >= 0.3 is 0 Å². The van der Waals surface area contributed by atoms with E-state index in [0.29, 0.717) is 0 Å². The van der Waals surface area contributed by atoms with Crippen molar-refractivity contribution < 1.29 is 4.79 Å². The fraction of sp³-hybridized carbons (Fsp3) is 0.194. The van der Waals surface area contributed by atoms with Crippen molar-refractivity contribution in [1.82, 2.24) is 0 Å². The summed E-state index contributed by atoms with van der Waals surface area (Å²) in [6.45, 7) is 9.00. The first-order valence-corrected chi connectivity index (χ1v) is 11.3.